The second kappa shape index (κ2) is 6.62. The van der Waals surface area contributed by atoms with E-state index in [1.807, 2.05) is 0 Å². The number of nitrogens with zero attached hydrogens (tertiary/aromatic N) is 1. The summed E-state index contributed by atoms with van der Waals surface area (Å²) in [6.45, 7) is 5.85. The Kier molecular flexibility index (Phi) is 5.45. The van der Waals surface area contributed by atoms with Crippen molar-refractivity contribution >= 4 is 5.69 Å². The van der Waals surface area contributed by atoms with Crippen LogP contribution in [0.2, 0.25) is 0 Å². The van der Waals surface area contributed by atoms with E-state index in [2.05, 4.69) is 44.0 Å². The van der Waals surface area contributed by atoms with Gasteiger partial charge in [0, 0.05) is 32.4 Å². The maximum atomic E-state index is 6.20. The molecule has 0 spiro atoms. The minimum atomic E-state index is 0.108. The molecule has 2 N–H and O–H groups in total. The molecule has 0 fully saturated rings. The molecule has 17 heavy (non-hydrogen) atoms. The molecule has 0 aliphatic heterocycles. The van der Waals surface area contributed by atoms with E-state index in [1.165, 1.54) is 16.8 Å². The van der Waals surface area contributed by atoms with Crippen LogP contribution in [-0.4, -0.2) is 27.3 Å². The molecule has 0 amide bonds. The molecule has 0 heterocycles. The third-order valence-corrected chi connectivity index (χ3v) is 3.15. The smallest absolute Gasteiger partial charge is 0.0637 e. The number of hydrogen-bond acceptors (Lipinski definition) is 3. The standard InChI is InChI=1S/C14H24N2O/c1-5-12(15)14-11(2)7-6-8-13(14)16(3)9-10-17-4/h6-8,12H,5,9-10,15H2,1-4H3. The number of benzene rings is 1. The van der Waals surface area contributed by atoms with Gasteiger partial charge >= 0.3 is 0 Å². The molecule has 1 aromatic carbocycles. The number of rotatable bonds is 6. The van der Waals surface area contributed by atoms with Gasteiger partial charge in [0.25, 0.3) is 0 Å². The number of likely N-dealkylation sites (N-methyl/N-ethyl adjacent to an activating group) is 1. The van der Waals surface area contributed by atoms with Crippen molar-refractivity contribution in [2.24, 2.45) is 5.73 Å². The molecule has 0 saturated heterocycles. The van der Waals surface area contributed by atoms with Crippen molar-refractivity contribution in [3.8, 4) is 0 Å². The molecule has 0 radical (unpaired) electrons. The average molecular weight is 236 g/mol. The fraction of sp³-hybridized carbons (Fsp3) is 0.571. The highest BCUT2D eigenvalue weighted by Crippen LogP contribution is 2.29. The number of anilines is 1. The topological polar surface area (TPSA) is 38.5 Å². The van der Waals surface area contributed by atoms with Crippen LogP contribution in [0.4, 0.5) is 5.69 Å². The van der Waals surface area contributed by atoms with Gasteiger partial charge in [0.15, 0.2) is 0 Å². The van der Waals surface area contributed by atoms with Crippen LogP contribution in [0.5, 0.6) is 0 Å². The lowest BCUT2D eigenvalue weighted by Gasteiger charge is -2.26. The van der Waals surface area contributed by atoms with Crippen LogP contribution < -0.4 is 10.6 Å². The highest BCUT2D eigenvalue weighted by molar-refractivity contribution is 5.57. The molecule has 0 aliphatic rings. The summed E-state index contributed by atoms with van der Waals surface area (Å²) >= 11 is 0. The predicted molar refractivity (Wildman–Crippen MR) is 73.5 cm³/mol. The molecule has 1 unspecified atom stereocenters. The second-order valence-electron chi connectivity index (χ2n) is 4.44. The van der Waals surface area contributed by atoms with Crippen molar-refractivity contribution in [1.29, 1.82) is 0 Å². The fourth-order valence-electron chi connectivity index (χ4n) is 2.03. The van der Waals surface area contributed by atoms with Crippen molar-refractivity contribution < 1.29 is 4.74 Å². The SMILES string of the molecule is CCC(N)c1c(C)cccc1N(C)CCOC. The number of aryl methyl sites for hydroxylation is 1. The molecule has 0 bridgehead atoms. The highest BCUT2D eigenvalue weighted by atomic mass is 16.5. The first-order valence-electron chi connectivity index (χ1n) is 6.17. The van der Waals surface area contributed by atoms with Gasteiger partial charge in [-0.3, -0.25) is 0 Å². The molecule has 1 atom stereocenters. The van der Waals surface area contributed by atoms with Gasteiger partial charge in [-0.15, -0.1) is 0 Å². The maximum Gasteiger partial charge on any atom is 0.0637 e. The summed E-state index contributed by atoms with van der Waals surface area (Å²) in [5.41, 5.74) is 9.95. The zero-order valence-electron chi connectivity index (χ0n) is 11.4. The molecule has 0 saturated carbocycles. The second-order valence-corrected chi connectivity index (χ2v) is 4.44. The summed E-state index contributed by atoms with van der Waals surface area (Å²) < 4.78 is 5.12. The molecule has 3 nitrogen and oxygen atoms in total. The number of methoxy groups -OCH3 is 1. The molecule has 96 valence electrons. The van der Waals surface area contributed by atoms with Crippen LogP contribution in [0.25, 0.3) is 0 Å². The summed E-state index contributed by atoms with van der Waals surface area (Å²) in [5, 5.41) is 0. The van der Waals surface area contributed by atoms with E-state index in [0.717, 1.165) is 19.6 Å². The average Bonchev–Trinajstić information content (AvgIpc) is 2.34. The minimum absolute atomic E-state index is 0.108. The van der Waals surface area contributed by atoms with E-state index in [4.69, 9.17) is 10.5 Å². The zero-order chi connectivity index (χ0) is 12.8. The lowest BCUT2D eigenvalue weighted by atomic mass is 9.97. The van der Waals surface area contributed by atoms with Gasteiger partial charge in [-0.2, -0.15) is 0 Å². The predicted octanol–water partition coefficient (Wildman–Crippen LogP) is 2.49. The van der Waals surface area contributed by atoms with E-state index in [-0.39, 0.29) is 6.04 Å². The normalized spacial score (nSPS) is 12.5. The van der Waals surface area contributed by atoms with E-state index in [1.54, 1.807) is 7.11 Å². The van der Waals surface area contributed by atoms with E-state index >= 15 is 0 Å². The van der Waals surface area contributed by atoms with E-state index in [9.17, 15) is 0 Å². The third-order valence-electron chi connectivity index (χ3n) is 3.15. The largest absolute Gasteiger partial charge is 0.383 e. The summed E-state index contributed by atoms with van der Waals surface area (Å²) in [6.07, 6.45) is 0.954. The fourth-order valence-corrected chi connectivity index (χ4v) is 2.03. The quantitative estimate of drug-likeness (QED) is 0.824. The van der Waals surface area contributed by atoms with Gasteiger partial charge in [0.05, 0.1) is 6.61 Å². The molecule has 0 aromatic heterocycles. The van der Waals surface area contributed by atoms with Gasteiger partial charge in [-0.1, -0.05) is 19.1 Å². The molecule has 1 aromatic rings. The van der Waals surface area contributed by atoms with Crippen LogP contribution in [0.1, 0.15) is 30.5 Å². The Morgan fingerprint density at radius 1 is 1.41 bits per heavy atom. The molecular weight excluding hydrogens is 212 g/mol. The Bertz CT molecular complexity index is 352. The summed E-state index contributed by atoms with van der Waals surface area (Å²) in [5.74, 6) is 0. The minimum Gasteiger partial charge on any atom is -0.383 e. The van der Waals surface area contributed by atoms with Crippen LogP contribution in [0.3, 0.4) is 0 Å². The molecular formula is C14H24N2O. The first kappa shape index (κ1) is 14.0. The van der Waals surface area contributed by atoms with Gasteiger partial charge in [-0.25, -0.2) is 0 Å². The maximum absolute atomic E-state index is 6.20. The Morgan fingerprint density at radius 2 is 2.12 bits per heavy atom. The first-order chi connectivity index (χ1) is 8.11. The Labute approximate surface area is 105 Å². The van der Waals surface area contributed by atoms with E-state index in [0.29, 0.717) is 0 Å². The Balaban J connectivity index is 3.01. The van der Waals surface area contributed by atoms with Gasteiger partial charge in [-0.05, 0) is 30.5 Å². The van der Waals surface area contributed by atoms with E-state index < -0.39 is 0 Å². The zero-order valence-corrected chi connectivity index (χ0v) is 11.4. The van der Waals surface area contributed by atoms with Crippen molar-refractivity contribution in [2.45, 2.75) is 26.3 Å². The number of hydrogen-bond donors (Lipinski definition) is 1. The van der Waals surface area contributed by atoms with Gasteiger partial charge < -0.3 is 15.4 Å². The van der Waals surface area contributed by atoms with Crippen LogP contribution in [-0.2, 0) is 4.74 Å². The Hall–Kier alpha value is -1.06. The van der Waals surface area contributed by atoms with Crippen LogP contribution >= 0.6 is 0 Å². The Morgan fingerprint density at radius 3 is 2.71 bits per heavy atom. The van der Waals surface area contributed by atoms with Crippen molar-refractivity contribution in [3.05, 3.63) is 29.3 Å². The third kappa shape index (κ3) is 3.45. The van der Waals surface area contributed by atoms with Gasteiger partial charge in [0.2, 0.25) is 0 Å². The monoisotopic (exact) mass is 236 g/mol. The molecule has 3 heteroatoms. The molecule has 1 rings (SSSR count). The lowest BCUT2D eigenvalue weighted by molar-refractivity contribution is 0.206. The lowest BCUT2D eigenvalue weighted by Crippen LogP contribution is -2.25. The summed E-state index contributed by atoms with van der Waals surface area (Å²) in [7, 11) is 3.81. The van der Waals surface area contributed by atoms with Crippen LogP contribution in [0, 0.1) is 6.92 Å². The number of nitrogens with two attached hydrogens (primary N) is 1. The number of ether oxygens (including phenoxy) is 1. The summed E-state index contributed by atoms with van der Waals surface area (Å²) in [4.78, 5) is 2.21. The van der Waals surface area contributed by atoms with Crippen LogP contribution in [0.15, 0.2) is 18.2 Å². The van der Waals surface area contributed by atoms with Crippen molar-refractivity contribution in [3.63, 3.8) is 0 Å². The first-order valence-corrected chi connectivity index (χ1v) is 6.17. The van der Waals surface area contributed by atoms with Gasteiger partial charge in [0.1, 0.15) is 0 Å². The highest BCUT2D eigenvalue weighted by Gasteiger charge is 2.14. The molecule has 0 aliphatic carbocycles. The summed E-state index contributed by atoms with van der Waals surface area (Å²) in [6, 6.07) is 6.45. The van der Waals surface area contributed by atoms with Crippen molar-refractivity contribution in [2.75, 3.05) is 32.2 Å². The van der Waals surface area contributed by atoms with Crippen molar-refractivity contribution in [1.82, 2.24) is 0 Å².